The van der Waals surface area contributed by atoms with Gasteiger partial charge in [0.05, 0.1) is 35.9 Å². The summed E-state index contributed by atoms with van der Waals surface area (Å²) in [5.41, 5.74) is 11.9. The SMILES string of the molecule is CCN(C)Cc1nc(-c2cc(-c3ccc4c(c3)CCNC4=O)c(N)nc2F)ccc1N1CCOCC1. The fraction of sp³-hybridized carbons (Fsp3) is 0.370. The lowest BCUT2D eigenvalue weighted by Crippen LogP contribution is -2.37. The monoisotopic (exact) mass is 490 g/mol. The third-order valence-corrected chi connectivity index (χ3v) is 6.88. The molecule has 0 unspecified atom stereocenters. The number of nitrogens with two attached hydrogens (primary N) is 1. The number of hydrogen-bond donors (Lipinski definition) is 2. The summed E-state index contributed by atoms with van der Waals surface area (Å²) in [6.45, 7) is 7.13. The third kappa shape index (κ3) is 4.76. The molecule has 3 N–H and O–H groups in total. The summed E-state index contributed by atoms with van der Waals surface area (Å²) in [6, 6.07) is 11.1. The molecule has 0 saturated carbocycles. The minimum absolute atomic E-state index is 0.0807. The first kappa shape index (κ1) is 24.1. The Kier molecular flexibility index (Phi) is 6.84. The molecule has 5 rings (SSSR count). The molecule has 8 nitrogen and oxygen atoms in total. The Hall–Kier alpha value is -3.56. The van der Waals surface area contributed by atoms with E-state index < -0.39 is 5.95 Å². The molecule has 2 aliphatic heterocycles. The molecule has 0 spiro atoms. The summed E-state index contributed by atoms with van der Waals surface area (Å²) in [5.74, 6) is -0.634. The zero-order valence-electron chi connectivity index (χ0n) is 20.7. The number of anilines is 2. The molecule has 2 aromatic heterocycles. The van der Waals surface area contributed by atoms with Gasteiger partial charge in [0.1, 0.15) is 5.82 Å². The van der Waals surface area contributed by atoms with Crippen molar-refractivity contribution in [2.24, 2.45) is 0 Å². The summed E-state index contributed by atoms with van der Waals surface area (Å²) < 4.78 is 20.7. The van der Waals surface area contributed by atoms with Gasteiger partial charge in [0.2, 0.25) is 5.95 Å². The number of hydrogen-bond acceptors (Lipinski definition) is 7. The summed E-state index contributed by atoms with van der Waals surface area (Å²) in [7, 11) is 2.04. The van der Waals surface area contributed by atoms with Crippen molar-refractivity contribution in [3.8, 4) is 22.4 Å². The summed E-state index contributed by atoms with van der Waals surface area (Å²) in [5, 5.41) is 2.85. The van der Waals surface area contributed by atoms with E-state index in [1.807, 2.05) is 31.3 Å². The van der Waals surface area contributed by atoms with Gasteiger partial charge in [-0.1, -0.05) is 19.1 Å². The van der Waals surface area contributed by atoms with Crippen LogP contribution in [0.2, 0.25) is 0 Å². The molecule has 36 heavy (non-hydrogen) atoms. The van der Waals surface area contributed by atoms with Crippen LogP contribution in [0.4, 0.5) is 15.9 Å². The zero-order chi connectivity index (χ0) is 25.2. The number of halogens is 1. The molecule has 0 bridgehead atoms. The fourth-order valence-corrected chi connectivity index (χ4v) is 4.73. The van der Waals surface area contributed by atoms with E-state index in [1.54, 1.807) is 12.1 Å². The number of nitrogens with zero attached hydrogens (tertiary/aromatic N) is 4. The molecule has 1 fully saturated rings. The summed E-state index contributed by atoms with van der Waals surface area (Å²) in [4.78, 5) is 25.5. The highest BCUT2D eigenvalue weighted by Gasteiger charge is 2.21. The van der Waals surface area contributed by atoms with Crippen LogP contribution >= 0.6 is 0 Å². The molecule has 3 aromatic rings. The van der Waals surface area contributed by atoms with Crippen LogP contribution < -0.4 is 16.0 Å². The minimum Gasteiger partial charge on any atom is -0.383 e. The molecular formula is C27H31FN6O2. The number of carbonyl (C=O) groups is 1. The van der Waals surface area contributed by atoms with Gasteiger partial charge >= 0.3 is 0 Å². The van der Waals surface area contributed by atoms with Crippen LogP contribution in [-0.4, -0.2) is 67.2 Å². The van der Waals surface area contributed by atoms with Gasteiger partial charge in [-0.15, -0.1) is 0 Å². The van der Waals surface area contributed by atoms with E-state index in [1.165, 1.54) is 0 Å². The zero-order valence-corrected chi connectivity index (χ0v) is 20.7. The van der Waals surface area contributed by atoms with Crippen molar-refractivity contribution in [2.75, 3.05) is 57.1 Å². The average molecular weight is 491 g/mol. The summed E-state index contributed by atoms with van der Waals surface area (Å²) >= 11 is 0. The Labute approximate surface area is 210 Å². The topological polar surface area (TPSA) is 96.6 Å². The van der Waals surface area contributed by atoms with Crippen molar-refractivity contribution >= 4 is 17.4 Å². The van der Waals surface area contributed by atoms with Gasteiger partial charge in [0.15, 0.2) is 0 Å². The number of amides is 1. The number of nitrogens with one attached hydrogen (secondary N) is 1. The highest BCUT2D eigenvalue weighted by molar-refractivity contribution is 5.97. The Bertz CT molecular complexity index is 1290. The van der Waals surface area contributed by atoms with Gasteiger partial charge in [0, 0.05) is 37.3 Å². The van der Waals surface area contributed by atoms with Crippen LogP contribution in [0.1, 0.15) is 28.5 Å². The number of morpholine rings is 1. The Morgan fingerprint density at radius 2 is 1.92 bits per heavy atom. The standard InChI is InChI=1S/C27H31FN6O2/c1-3-33(2)16-23-24(34-10-12-36-13-11-34)7-6-22(31-23)21-15-20(26(29)32-25(21)28)17-4-5-19-18(14-17)8-9-30-27(19)35/h4-7,14-15H,3,8-13,16H2,1-2H3,(H2,29,32)(H,30,35). The molecule has 0 radical (unpaired) electrons. The Morgan fingerprint density at radius 3 is 2.69 bits per heavy atom. The number of pyridine rings is 2. The van der Waals surface area contributed by atoms with E-state index in [2.05, 4.69) is 27.0 Å². The normalized spacial score (nSPS) is 15.7. The van der Waals surface area contributed by atoms with Gasteiger partial charge < -0.3 is 25.6 Å². The number of ether oxygens (including phenoxy) is 1. The second-order valence-electron chi connectivity index (χ2n) is 9.23. The molecule has 1 saturated heterocycles. The van der Waals surface area contributed by atoms with Crippen molar-refractivity contribution in [3.63, 3.8) is 0 Å². The first-order chi connectivity index (χ1) is 17.4. The van der Waals surface area contributed by atoms with Crippen LogP contribution in [-0.2, 0) is 17.7 Å². The molecule has 0 atom stereocenters. The van der Waals surface area contributed by atoms with E-state index in [-0.39, 0.29) is 11.7 Å². The van der Waals surface area contributed by atoms with Gasteiger partial charge in [0.25, 0.3) is 5.91 Å². The van der Waals surface area contributed by atoms with Crippen LogP contribution in [0.3, 0.4) is 0 Å². The molecule has 4 heterocycles. The predicted octanol–water partition coefficient (Wildman–Crippen LogP) is 3.11. The van der Waals surface area contributed by atoms with Crippen molar-refractivity contribution < 1.29 is 13.9 Å². The van der Waals surface area contributed by atoms with Crippen molar-refractivity contribution in [1.82, 2.24) is 20.2 Å². The number of benzene rings is 1. The third-order valence-electron chi connectivity index (χ3n) is 6.88. The Balaban J connectivity index is 1.56. The van der Waals surface area contributed by atoms with E-state index in [4.69, 9.17) is 15.5 Å². The number of rotatable bonds is 6. The van der Waals surface area contributed by atoms with Gasteiger partial charge in [-0.05, 0) is 55.4 Å². The molecular weight excluding hydrogens is 459 g/mol. The van der Waals surface area contributed by atoms with Crippen LogP contribution in [0.15, 0.2) is 36.4 Å². The number of fused-ring (bicyclic) bond motifs is 1. The maximum atomic E-state index is 15.2. The minimum atomic E-state index is -0.657. The van der Waals surface area contributed by atoms with Crippen molar-refractivity contribution in [2.45, 2.75) is 19.9 Å². The quantitative estimate of drug-likeness (QED) is 0.513. The maximum absolute atomic E-state index is 15.2. The first-order valence-electron chi connectivity index (χ1n) is 12.3. The lowest BCUT2D eigenvalue weighted by Gasteiger charge is -2.31. The highest BCUT2D eigenvalue weighted by Crippen LogP contribution is 2.34. The van der Waals surface area contributed by atoms with Crippen molar-refractivity contribution in [3.05, 3.63) is 59.2 Å². The van der Waals surface area contributed by atoms with E-state index in [0.29, 0.717) is 48.7 Å². The smallest absolute Gasteiger partial charge is 0.251 e. The second kappa shape index (κ2) is 10.2. The van der Waals surface area contributed by atoms with Gasteiger partial charge in [-0.2, -0.15) is 4.39 Å². The number of carbonyl (C=O) groups excluding carboxylic acids is 1. The van der Waals surface area contributed by atoms with Gasteiger partial charge in [-0.25, -0.2) is 9.97 Å². The predicted molar refractivity (Wildman–Crippen MR) is 138 cm³/mol. The Morgan fingerprint density at radius 1 is 1.11 bits per heavy atom. The molecule has 0 aliphatic carbocycles. The van der Waals surface area contributed by atoms with E-state index in [0.717, 1.165) is 48.6 Å². The highest BCUT2D eigenvalue weighted by atomic mass is 19.1. The van der Waals surface area contributed by atoms with Crippen LogP contribution in [0.25, 0.3) is 22.4 Å². The molecule has 188 valence electrons. The summed E-state index contributed by atoms with van der Waals surface area (Å²) in [6.07, 6.45) is 0.731. The van der Waals surface area contributed by atoms with Crippen molar-refractivity contribution in [1.29, 1.82) is 0 Å². The molecule has 2 aliphatic rings. The average Bonchev–Trinajstić information content (AvgIpc) is 2.89. The molecule has 9 heteroatoms. The van der Waals surface area contributed by atoms with E-state index >= 15 is 4.39 Å². The lowest BCUT2D eigenvalue weighted by molar-refractivity contribution is 0.0946. The first-order valence-corrected chi connectivity index (χ1v) is 12.3. The van der Waals surface area contributed by atoms with Gasteiger partial charge in [-0.3, -0.25) is 4.79 Å². The fourth-order valence-electron chi connectivity index (χ4n) is 4.73. The molecule has 1 aromatic carbocycles. The molecule has 1 amide bonds. The van der Waals surface area contributed by atoms with Crippen LogP contribution in [0.5, 0.6) is 0 Å². The number of nitrogen functional groups attached to an aromatic ring is 1. The largest absolute Gasteiger partial charge is 0.383 e. The van der Waals surface area contributed by atoms with E-state index in [9.17, 15) is 4.79 Å². The van der Waals surface area contributed by atoms with Crippen LogP contribution in [0, 0.1) is 5.95 Å². The second-order valence-corrected chi connectivity index (χ2v) is 9.23. The lowest BCUT2D eigenvalue weighted by atomic mass is 9.94. The number of aromatic nitrogens is 2. The maximum Gasteiger partial charge on any atom is 0.251 e.